The number of aromatic nitrogens is 1. The first-order chi connectivity index (χ1) is 9.66. The molecule has 1 saturated heterocycles. The molecule has 0 aromatic carbocycles. The fraction of sp³-hybridized carbons (Fsp3) is 0.500. The molecule has 0 aliphatic carbocycles. The van der Waals surface area contributed by atoms with Gasteiger partial charge < -0.3 is 15.0 Å². The summed E-state index contributed by atoms with van der Waals surface area (Å²) >= 11 is 12.0. The normalized spacial score (nSPS) is 20.9. The fourth-order valence-electron chi connectivity index (χ4n) is 1.92. The van der Waals surface area contributed by atoms with Gasteiger partial charge in [0.2, 0.25) is 0 Å². The largest absolute Gasteiger partial charge is 0.491 e. The molecule has 4 nitrogen and oxygen atoms in total. The molecule has 1 aliphatic heterocycles. The van der Waals surface area contributed by atoms with Crippen molar-refractivity contribution in [2.24, 2.45) is 5.73 Å². The molecule has 0 saturated carbocycles. The second-order valence-corrected chi connectivity index (χ2v) is 6.88. The molecule has 1 aromatic rings. The van der Waals surface area contributed by atoms with Crippen molar-refractivity contribution in [1.82, 2.24) is 4.98 Å². The van der Waals surface area contributed by atoms with Gasteiger partial charge in [-0.15, -0.1) is 0 Å². The predicted octanol–water partition coefficient (Wildman–Crippen LogP) is 3.36. The molecule has 2 heterocycles. The smallest absolute Gasteiger partial charge is 0.400 e. The molecular weight excluding hydrogens is 310 g/mol. The summed E-state index contributed by atoms with van der Waals surface area (Å²) in [6, 6.07) is 1.64. The number of rotatable bonds is 3. The summed E-state index contributed by atoms with van der Waals surface area (Å²) in [5.74, 6) is 0. The zero-order chi connectivity index (χ0) is 15.8. The molecule has 0 spiro atoms. The maximum Gasteiger partial charge on any atom is 0.491 e. The van der Waals surface area contributed by atoms with Crippen LogP contribution in [-0.4, -0.2) is 29.8 Å². The summed E-state index contributed by atoms with van der Waals surface area (Å²) in [6.45, 7) is 8.27. The minimum absolute atomic E-state index is 0.289. The highest BCUT2D eigenvalue weighted by Crippen LogP contribution is 2.38. The highest BCUT2D eigenvalue weighted by Gasteiger charge is 2.52. The molecule has 0 unspecified atom stereocenters. The SMILES string of the molecule is CC1(C)OB(C(=Cc2ncc(Cl)cc2Cl)CN)OC1(C)C. The van der Waals surface area contributed by atoms with E-state index >= 15 is 0 Å². The summed E-state index contributed by atoms with van der Waals surface area (Å²) in [5, 5.41) is 0.951. The Kier molecular flexibility index (Phi) is 4.71. The van der Waals surface area contributed by atoms with E-state index < -0.39 is 18.3 Å². The van der Waals surface area contributed by atoms with Crippen LogP contribution in [0.4, 0.5) is 0 Å². The van der Waals surface area contributed by atoms with E-state index in [9.17, 15) is 0 Å². The summed E-state index contributed by atoms with van der Waals surface area (Å²) in [5.41, 5.74) is 6.38. The molecule has 1 aromatic heterocycles. The molecule has 2 rings (SSSR count). The van der Waals surface area contributed by atoms with Crippen LogP contribution in [-0.2, 0) is 9.31 Å². The standard InChI is InChI=1S/C14H19BCl2N2O2/c1-13(2)14(3,4)21-15(20-13)9(7-18)5-12-11(17)6-10(16)8-19-12/h5-6,8H,7,18H2,1-4H3. The van der Waals surface area contributed by atoms with Crippen LogP contribution in [0.25, 0.3) is 6.08 Å². The average Bonchev–Trinajstić information content (AvgIpc) is 2.57. The van der Waals surface area contributed by atoms with E-state index in [1.165, 1.54) is 6.20 Å². The molecule has 1 aliphatic rings. The lowest BCUT2D eigenvalue weighted by atomic mass is 9.77. The van der Waals surface area contributed by atoms with E-state index in [0.29, 0.717) is 15.7 Å². The first kappa shape index (κ1) is 16.8. The lowest BCUT2D eigenvalue weighted by Gasteiger charge is -2.32. The van der Waals surface area contributed by atoms with Gasteiger partial charge in [-0.2, -0.15) is 0 Å². The van der Waals surface area contributed by atoms with Crippen molar-refractivity contribution in [2.45, 2.75) is 38.9 Å². The minimum atomic E-state index is -0.506. The van der Waals surface area contributed by atoms with Gasteiger partial charge in [0.15, 0.2) is 0 Å². The summed E-state index contributed by atoms with van der Waals surface area (Å²) < 4.78 is 12.0. The van der Waals surface area contributed by atoms with Gasteiger partial charge in [0.05, 0.1) is 26.9 Å². The van der Waals surface area contributed by atoms with Gasteiger partial charge >= 0.3 is 7.12 Å². The molecule has 2 N–H and O–H groups in total. The van der Waals surface area contributed by atoms with Crippen LogP contribution in [0.5, 0.6) is 0 Å². The molecule has 0 bridgehead atoms. The van der Waals surface area contributed by atoms with Gasteiger partial charge in [0.25, 0.3) is 0 Å². The van der Waals surface area contributed by atoms with Crippen LogP contribution < -0.4 is 5.73 Å². The summed E-state index contributed by atoms with van der Waals surface area (Å²) in [4.78, 5) is 4.20. The lowest BCUT2D eigenvalue weighted by Crippen LogP contribution is -2.41. The molecule has 0 atom stereocenters. The Labute approximate surface area is 135 Å². The third-order valence-electron chi connectivity index (χ3n) is 3.95. The lowest BCUT2D eigenvalue weighted by molar-refractivity contribution is 0.00578. The molecular formula is C14H19BCl2N2O2. The average molecular weight is 329 g/mol. The van der Waals surface area contributed by atoms with E-state index in [-0.39, 0.29) is 6.54 Å². The van der Waals surface area contributed by atoms with Gasteiger partial charge in [-0.1, -0.05) is 23.2 Å². The Morgan fingerprint density at radius 1 is 1.29 bits per heavy atom. The third kappa shape index (κ3) is 3.43. The zero-order valence-electron chi connectivity index (χ0n) is 12.6. The van der Waals surface area contributed by atoms with Crippen LogP contribution in [0.3, 0.4) is 0 Å². The van der Waals surface area contributed by atoms with Crippen molar-refractivity contribution in [3.63, 3.8) is 0 Å². The number of hydrogen-bond donors (Lipinski definition) is 1. The van der Waals surface area contributed by atoms with Gasteiger partial charge in [0, 0.05) is 12.7 Å². The fourth-order valence-corrected chi connectivity index (χ4v) is 2.36. The van der Waals surface area contributed by atoms with Gasteiger partial charge in [0.1, 0.15) is 0 Å². The zero-order valence-corrected chi connectivity index (χ0v) is 14.1. The Morgan fingerprint density at radius 2 is 1.86 bits per heavy atom. The van der Waals surface area contributed by atoms with Crippen molar-refractivity contribution in [1.29, 1.82) is 0 Å². The van der Waals surface area contributed by atoms with Crippen molar-refractivity contribution in [3.8, 4) is 0 Å². The monoisotopic (exact) mass is 328 g/mol. The maximum atomic E-state index is 6.14. The maximum absolute atomic E-state index is 6.14. The van der Waals surface area contributed by atoms with E-state index in [1.54, 1.807) is 12.1 Å². The Morgan fingerprint density at radius 3 is 2.33 bits per heavy atom. The Hall–Kier alpha value is -0.585. The number of hydrogen-bond acceptors (Lipinski definition) is 4. The molecule has 0 radical (unpaired) electrons. The quantitative estimate of drug-likeness (QED) is 0.864. The highest BCUT2D eigenvalue weighted by molar-refractivity contribution is 6.56. The van der Waals surface area contributed by atoms with Gasteiger partial charge in [-0.3, -0.25) is 4.98 Å². The first-order valence-electron chi connectivity index (χ1n) is 6.73. The number of pyridine rings is 1. The number of nitrogens with zero attached hydrogens (tertiary/aromatic N) is 1. The summed E-state index contributed by atoms with van der Waals surface area (Å²) in [6.07, 6.45) is 3.33. The van der Waals surface area contributed by atoms with Gasteiger partial charge in [-0.25, -0.2) is 0 Å². The highest BCUT2D eigenvalue weighted by atomic mass is 35.5. The van der Waals surface area contributed by atoms with Crippen LogP contribution in [0, 0.1) is 0 Å². The predicted molar refractivity (Wildman–Crippen MR) is 87.4 cm³/mol. The second kappa shape index (κ2) is 5.90. The van der Waals surface area contributed by atoms with E-state index in [4.69, 9.17) is 38.2 Å². The van der Waals surface area contributed by atoms with Crippen LogP contribution in [0.2, 0.25) is 10.0 Å². The van der Waals surface area contributed by atoms with E-state index in [0.717, 1.165) is 5.47 Å². The number of halogens is 2. The van der Waals surface area contributed by atoms with Crippen molar-refractivity contribution < 1.29 is 9.31 Å². The van der Waals surface area contributed by atoms with Crippen LogP contribution >= 0.6 is 23.2 Å². The van der Waals surface area contributed by atoms with E-state index in [1.807, 2.05) is 27.7 Å². The molecule has 21 heavy (non-hydrogen) atoms. The second-order valence-electron chi connectivity index (χ2n) is 6.03. The molecule has 1 fully saturated rings. The molecule has 7 heteroatoms. The van der Waals surface area contributed by atoms with Crippen molar-refractivity contribution >= 4 is 36.4 Å². The first-order valence-corrected chi connectivity index (χ1v) is 7.49. The Bertz CT molecular complexity index is 560. The minimum Gasteiger partial charge on any atom is -0.400 e. The van der Waals surface area contributed by atoms with Crippen molar-refractivity contribution in [3.05, 3.63) is 33.5 Å². The molecule has 114 valence electrons. The number of nitrogens with two attached hydrogens (primary N) is 1. The van der Waals surface area contributed by atoms with Crippen LogP contribution in [0.1, 0.15) is 33.4 Å². The third-order valence-corrected chi connectivity index (χ3v) is 4.46. The molecule has 0 amide bonds. The summed E-state index contributed by atoms with van der Waals surface area (Å²) in [7, 11) is -0.506. The topological polar surface area (TPSA) is 57.4 Å². The van der Waals surface area contributed by atoms with Crippen molar-refractivity contribution in [2.75, 3.05) is 6.54 Å². The van der Waals surface area contributed by atoms with E-state index in [2.05, 4.69) is 4.98 Å². The van der Waals surface area contributed by atoms with Crippen LogP contribution in [0.15, 0.2) is 17.7 Å². The Balaban J connectivity index is 2.31. The van der Waals surface area contributed by atoms with Gasteiger partial charge in [-0.05, 0) is 45.3 Å².